The maximum atomic E-state index is 11.3. The summed E-state index contributed by atoms with van der Waals surface area (Å²) in [6.45, 7) is 4.05. The summed E-state index contributed by atoms with van der Waals surface area (Å²) in [6.07, 6.45) is 2.77. The number of benzene rings is 1. The van der Waals surface area contributed by atoms with Gasteiger partial charge >= 0.3 is 0 Å². The fourth-order valence-electron chi connectivity index (χ4n) is 1.43. The van der Waals surface area contributed by atoms with Crippen LogP contribution in [0.25, 0.3) is 0 Å². The van der Waals surface area contributed by atoms with Crippen LogP contribution in [0.4, 0.5) is 0 Å². The van der Waals surface area contributed by atoms with Crippen LogP contribution in [0.2, 0.25) is 0 Å². The zero-order chi connectivity index (χ0) is 11.8. The Morgan fingerprint density at radius 1 is 1.44 bits per heavy atom. The average Bonchev–Trinajstić information content (AvgIpc) is 2.34. The summed E-state index contributed by atoms with van der Waals surface area (Å²) in [6, 6.07) is 9.74. The summed E-state index contributed by atoms with van der Waals surface area (Å²) >= 11 is 0. The highest BCUT2D eigenvalue weighted by Crippen LogP contribution is 2.14. The first kappa shape index (κ1) is 12.5. The van der Waals surface area contributed by atoms with Gasteiger partial charge in [0.1, 0.15) is 0 Å². The van der Waals surface area contributed by atoms with Crippen LogP contribution in [-0.2, 0) is 4.79 Å². The zero-order valence-corrected chi connectivity index (χ0v) is 9.36. The highest BCUT2D eigenvalue weighted by Gasteiger charge is 2.07. The molecule has 0 bridgehead atoms. The monoisotopic (exact) mass is 218 g/mol. The number of carbonyl (C=O) groups is 1. The third kappa shape index (κ3) is 4.28. The molecule has 1 amide bonds. The molecule has 3 nitrogen and oxygen atoms in total. The van der Waals surface area contributed by atoms with Crippen LogP contribution in [0.15, 0.2) is 43.0 Å². The van der Waals surface area contributed by atoms with Gasteiger partial charge < -0.3 is 11.1 Å². The molecule has 86 valence electrons. The SMILES string of the molecule is C=CCNC(=O)CCC(N)c1ccccc1. The van der Waals surface area contributed by atoms with E-state index in [1.165, 1.54) is 0 Å². The van der Waals surface area contributed by atoms with Crippen LogP contribution in [0.5, 0.6) is 0 Å². The average molecular weight is 218 g/mol. The lowest BCUT2D eigenvalue weighted by atomic mass is 10.0. The summed E-state index contributed by atoms with van der Waals surface area (Å²) in [5.74, 6) is 0.0197. The summed E-state index contributed by atoms with van der Waals surface area (Å²) < 4.78 is 0. The van der Waals surface area contributed by atoms with Crippen LogP contribution in [0, 0.1) is 0 Å². The lowest BCUT2D eigenvalue weighted by Gasteiger charge is -2.11. The second-order valence-corrected chi connectivity index (χ2v) is 3.65. The lowest BCUT2D eigenvalue weighted by molar-refractivity contribution is -0.121. The Balaban J connectivity index is 2.33. The van der Waals surface area contributed by atoms with Gasteiger partial charge in [-0.05, 0) is 12.0 Å². The molecule has 0 aromatic heterocycles. The van der Waals surface area contributed by atoms with Crippen LogP contribution < -0.4 is 11.1 Å². The van der Waals surface area contributed by atoms with E-state index in [-0.39, 0.29) is 11.9 Å². The largest absolute Gasteiger partial charge is 0.353 e. The topological polar surface area (TPSA) is 55.1 Å². The Kier molecular flexibility index (Phi) is 5.29. The molecular formula is C13H18N2O. The van der Waals surface area contributed by atoms with E-state index in [1.54, 1.807) is 6.08 Å². The highest BCUT2D eigenvalue weighted by molar-refractivity contribution is 5.76. The molecule has 0 aliphatic carbocycles. The van der Waals surface area contributed by atoms with Gasteiger partial charge in [-0.1, -0.05) is 36.4 Å². The summed E-state index contributed by atoms with van der Waals surface area (Å²) in [4.78, 5) is 11.3. The van der Waals surface area contributed by atoms with Gasteiger partial charge in [0.15, 0.2) is 0 Å². The van der Waals surface area contributed by atoms with Crippen molar-refractivity contribution in [2.75, 3.05) is 6.54 Å². The number of amides is 1. The lowest BCUT2D eigenvalue weighted by Crippen LogP contribution is -2.24. The fraction of sp³-hybridized carbons (Fsp3) is 0.308. The molecule has 1 unspecified atom stereocenters. The maximum absolute atomic E-state index is 11.3. The molecule has 0 aliphatic rings. The van der Waals surface area contributed by atoms with Gasteiger partial charge in [-0.2, -0.15) is 0 Å². The molecular weight excluding hydrogens is 200 g/mol. The molecule has 1 aromatic rings. The van der Waals surface area contributed by atoms with E-state index in [0.717, 1.165) is 5.56 Å². The number of rotatable bonds is 6. The number of hydrogen-bond acceptors (Lipinski definition) is 2. The Hall–Kier alpha value is -1.61. The van der Waals surface area contributed by atoms with Gasteiger partial charge in [0.25, 0.3) is 0 Å². The fourth-order valence-corrected chi connectivity index (χ4v) is 1.43. The van der Waals surface area contributed by atoms with Crippen molar-refractivity contribution in [1.29, 1.82) is 0 Å². The smallest absolute Gasteiger partial charge is 0.220 e. The van der Waals surface area contributed by atoms with Gasteiger partial charge in [-0.15, -0.1) is 6.58 Å². The van der Waals surface area contributed by atoms with Gasteiger partial charge in [0, 0.05) is 19.0 Å². The molecule has 0 saturated heterocycles. The van der Waals surface area contributed by atoms with E-state index in [4.69, 9.17) is 5.73 Å². The van der Waals surface area contributed by atoms with Crippen molar-refractivity contribution in [2.24, 2.45) is 5.73 Å². The van der Waals surface area contributed by atoms with Crippen molar-refractivity contribution in [1.82, 2.24) is 5.32 Å². The second-order valence-electron chi connectivity index (χ2n) is 3.65. The quantitative estimate of drug-likeness (QED) is 0.715. The Bertz CT molecular complexity index is 335. The van der Waals surface area contributed by atoms with E-state index in [0.29, 0.717) is 19.4 Å². The number of hydrogen-bond donors (Lipinski definition) is 2. The molecule has 3 heteroatoms. The van der Waals surface area contributed by atoms with Crippen molar-refractivity contribution in [2.45, 2.75) is 18.9 Å². The maximum Gasteiger partial charge on any atom is 0.220 e. The van der Waals surface area contributed by atoms with Crippen LogP contribution >= 0.6 is 0 Å². The van der Waals surface area contributed by atoms with E-state index in [9.17, 15) is 4.79 Å². The van der Waals surface area contributed by atoms with Crippen LogP contribution in [0.3, 0.4) is 0 Å². The van der Waals surface area contributed by atoms with Gasteiger partial charge in [-0.25, -0.2) is 0 Å². The number of carbonyl (C=O) groups excluding carboxylic acids is 1. The molecule has 0 spiro atoms. The third-order valence-corrected chi connectivity index (χ3v) is 2.35. The molecule has 0 saturated carbocycles. The Morgan fingerprint density at radius 3 is 2.75 bits per heavy atom. The molecule has 0 radical (unpaired) electrons. The van der Waals surface area contributed by atoms with Crippen molar-refractivity contribution in [3.05, 3.63) is 48.6 Å². The summed E-state index contributed by atoms with van der Waals surface area (Å²) in [5, 5.41) is 2.73. The minimum absolute atomic E-state index is 0.0197. The van der Waals surface area contributed by atoms with E-state index < -0.39 is 0 Å². The van der Waals surface area contributed by atoms with E-state index in [2.05, 4.69) is 11.9 Å². The standard InChI is InChI=1S/C13H18N2O/c1-2-10-15-13(16)9-8-12(14)11-6-4-3-5-7-11/h2-7,12H,1,8-10,14H2,(H,15,16). The van der Waals surface area contributed by atoms with Gasteiger partial charge in [-0.3, -0.25) is 4.79 Å². The normalized spacial score (nSPS) is 11.8. The predicted molar refractivity (Wildman–Crippen MR) is 65.8 cm³/mol. The molecule has 1 atom stereocenters. The van der Waals surface area contributed by atoms with Gasteiger partial charge in [0.2, 0.25) is 5.91 Å². The van der Waals surface area contributed by atoms with Gasteiger partial charge in [0.05, 0.1) is 0 Å². The molecule has 16 heavy (non-hydrogen) atoms. The first-order valence-corrected chi connectivity index (χ1v) is 5.42. The molecule has 1 rings (SSSR count). The Morgan fingerprint density at radius 2 is 2.12 bits per heavy atom. The Labute approximate surface area is 96.3 Å². The van der Waals surface area contributed by atoms with Crippen LogP contribution in [0.1, 0.15) is 24.4 Å². The third-order valence-electron chi connectivity index (χ3n) is 2.35. The first-order chi connectivity index (χ1) is 7.74. The minimum atomic E-state index is -0.0734. The summed E-state index contributed by atoms with van der Waals surface area (Å²) in [7, 11) is 0. The van der Waals surface area contributed by atoms with E-state index >= 15 is 0 Å². The number of nitrogens with one attached hydrogen (secondary N) is 1. The minimum Gasteiger partial charge on any atom is -0.353 e. The highest BCUT2D eigenvalue weighted by atomic mass is 16.1. The second kappa shape index (κ2) is 6.80. The van der Waals surface area contributed by atoms with E-state index in [1.807, 2.05) is 30.3 Å². The molecule has 0 heterocycles. The molecule has 0 aliphatic heterocycles. The number of nitrogens with two attached hydrogens (primary N) is 1. The van der Waals surface area contributed by atoms with Crippen molar-refractivity contribution in [3.8, 4) is 0 Å². The van der Waals surface area contributed by atoms with Crippen LogP contribution in [-0.4, -0.2) is 12.5 Å². The van der Waals surface area contributed by atoms with Crippen molar-refractivity contribution in [3.63, 3.8) is 0 Å². The summed E-state index contributed by atoms with van der Waals surface area (Å²) in [5.41, 5.74) is 7.04. The van der Waals surface area contributed by atoms with Crippen molar-refractivity contribution < 1.29 is 4.79 Å². The molecule has 1 aromatic carbocycles. The first-order valence-electron chi connectivity index (χ1n) is 5.42. The van der Waals surface area contributed by atoms with Crippen molar-refractivity contribution >= 4 is 5.91 Å². The zero-order valence-electron chi connectivity index (χ0n) is 9.36. The molecule has 3 N–H and O–H groups in total. The predicted octanol–water partition coefficient (Wildman–Crippen LogP) is 1.77. The molecule has 0 fully saturated rings.